The van der Waals surface area contributed by atoms with Crippen molar-refractivity contribution in [3.63, 3.8) is 0 Å². The van der Waals surface area contributed by atoms with Gasteiger partial charge in [-0.2, -0.15) is 0 Å². The van der Waals surface area contributed by atoms with Crippen LogP contribution in [-0.2, 0) is 24.3 Å². The van der Waals surface area contributed by atoms with Gasteiger partial charge in [-0.05, 0) is 26.3 Å². The first-order valence-electron chi connectivity index (χ1n) is 10.7. The number of nitrogen functional groups attached to an aromatic ring is 1. The van der Waals surface area contributed by atoms with Gasteiger partial charge >= 0.3 is 5.69 Å². The summed E-state index contributed by atoms with van der Waals surface area (Å²) in [6.45, 7) is 7.51. The Hall–Kier alpha value is -3.20. The van der Waals surface area contributed by atoms with Crippen molar-refractivity contribution in [3.8, 4) is 0 Å². The summed E-state index contributed by atoms with van der Waals surface area (Å²) < 4.78 is 1.99. The van der Waals surface area contributed by atoms with Crippen molar-refractivity contribution >= 4 is 17.5 Å². The molecule has 1 aliphatic rings. The highest BCUT2D eigenvalue weighted by Crippen LogP contribution is 2.26. The Balaban J connectivity index is 1.73. The van der Waals surface area contributed by atoms with Gasteiger partial charge in [-0.15, -0.1) is 0 Å². The Morgan fingerprint density at radius 3 is 2.09 bits per heavy atom. The molecular formula is C23H31N5O4. The second-order valence-electron chi connectivity index (χ2n) is 8.83. The summed E-state index contributed by atoms with van der Waals surface area (Å²) in [5.41, 5.74) is 4.80. The van der Waals surface area contributed by atoms with Gasteiger partial charge in [-0.3, -0.25) is 28.4 Å². The van der Waals surface area contributed by atoms with Crippen LogP contribution in [0.25, 0.3) is 0 Å². The molecule has 0 aliphatic carbocycles. The monoisotopic (exact) mass is 441 g/mol. The van der Waals surface area contributed by atoms with Gasteiger partial charge in [0.15, 0.2) is 5.78 Å². The maximum atomic E-state index is 13.2. The van der Waals surface area contributed by atoms with Crippen LogP contribution in [0.2, 0.25) is 0 Å². The number of hydrogen-bond donors (Lipinski definition) is 1. The van der Waals surface area contributed by atoms with E-state index >= 15 is 0 Å². The smallest absolute Gasteiger partial charge is 0.332 e. The molecule has 1 aromatic carbocycles. The van der Waals surface area contributed by atoms with E-state index in [2.05, 4.69) is 0 Å². The lowest BCUT2D eigenvalue weighted by Crippen LogP contribution is -2.56. The fourth-order valence-electron chi connectivity index (χ4n) is 4.15. The van der Waals surface area contributed by atoms with Crippen molar-refractivity contribution in [1.29, 1.82) is 0 Å². The molecule has 9 nitrogen and oxygen atoms in total. The molecule has 9 heteroatoms. The lowest BCUT2D eigenvalue weighted by atomic mass is 9.83. The summed E-state index contributed by atoms with van der Waals surface area (Å²) >= 11 is 0. The first-order chi connectivity index (χ1) is 15.0. The molecule has 0 spiro atoms. The normalized spacial score (nSPS) is 16.1. The molecule has 172 valence electrons. The number of piperazine rings is 1. The van der Waals surface area contributed by atoms with Crippen molar-refractivity contribution in [1.82, 2.24) is 18.9 Å². The third kappa shape index (κ3) is 4.00. The molecule has 3 rings (SSSR count). The second kappa shape index (κ2) is 8.74. The predicted octanol–water partition coefficient (Wildman–Crippen LogP) is 0.359. The molecule has 1 aliphatic heterocycles. The fraction of sp³-hybridized carbons (Fsp3) is 0.478. The van der Waals surface area contributed by atoms with Crippen LogP contribution in [0.5, 0.6) is 0 Å². The average molecular weight is 442 g/mol. The molecule has 32 heavy (non-hydrogen) atoms. The number of nitrogens with zero attached hydrogens (tertiary/aromatic N) is 4. The van der Waals surface area contributed by atoms with Crippen molar-refractivity contribution in [2.24, 2.45) is 14.1 Å². The van der Waals surface area contributed by atoms with E-state index in [1.807, 2.05) is 54.0 Å². The lowest BCUT2D eigenvalue weighted by molar-refractivity contribution is -0.138. The number of benzene rings is 1. The number of hydrogen-bond acceptors (Lipinski definition) is 6. The zero-order chi connectivity index (χ0) is 23.8. The summed E-state index contributed by atoms with van der Waals surface area (Å²) in [7, 11) is 2.75. The Kier molecular flexibility index (Phi) is 6.41. The van der Waals surface area contributed by atoms with Crippen molar-refractivity contribution < 1.29 is 9.59 Å². The molecule has 1 saturated heterocycles. The number of carbonyl (C=O) groups is 2. The maximum Gasteiger partial charge on any atom is 0.332 e. The van der Waals surface area contributed by atoms with Gasteiger partial charge in [0.25, 0.3) is 5.56 Å². The van der Waals surface area contributed by atoms with Gasteiger partial charge in [0, 0.05) is 40.3 Å². The van der Waals surface area contributed by atoms with Crippen molar-refractivity contribution in [3.05, 3.63) is 62.3 Å². The number of carbonyl (C=O) groups excluding carboxylic acids is 2. The molecule has 1 amide bonds. The first kappa shape index (κ1) is 23.5. The molecule has 0 bridgehead atoms. The SMILES string of the molecule is CC(C(=O)c1c(N)n(C)c(=O)n(C)c1=O)N1CCN(C(=O)C(C)(C)c2ccccc2)CC1. The van der Waals surface area contributed by atoms with Crippen LogP contribution >= 0.6 is 0 Å². The van der Waals surface area contributed by atoms with Crippen molar-refractivity contribution in [2.75, 3.05) is 31.9 Å². The van der Waals surface area contributed by atoms with Crippen LogP contribution in [0.15, 0.2) is 39.9 Å². The highest BCUT2D eigenvalue weighted by atomic mass is 16.2. The fourth-order valence-corrected chi connectivity index (χ4v) is 4.15. The van der Waals surface area contributed by atoms with Crippen molar-refractivity contribution in [2.45, 2.75) is 32.2 Å². The minimum atomic E-state index is -0.694. The minimum Gasteiger partial charge on any atom is -0.384 e. The number of ketones is 1. The molecule has 0 radical (unpaired) electrons. The van der Waals surface area contributed by atoms with E-state index in [0.29, 0.717) is 26.2 Å². The summed E-state index contributed by atoms with van der Waals surface area (Å²) in [4.78, 5) is 54.7. The Morgan fingerprint density at radius 1 is 0.969 bits per heavy atom. The number of rotatable bonds is 5. The van der Waals surface area contributed by atoms with Crippen LogP contribution in [0.4, 0.5) is 5.82 Å². The topological polar surface area (TPSA) is 111 Å². The van der Waals surface area contributed by atoms with Gasteiger partial charge in [-0.25, -0.2) is 4.79 Å². The Bertz CT molecular complexity index is 1140. The Labute approximate surface area is 187 Å². The highest BCUT2D eigenvalue weighted by molar-refractivity contribution is 6.03. The standard InChI is InChI=1S/C23H31N5O4/c1-15(18(29)17-19(24)25(4)22(32)26(5)20(17)30)27-11-13-28(14-12-27)21(31)23(2,3)16-9-7-6-8-10-16/h6-10,15H,11-14,24H2,1-5H3. The first-order valence-corrected chi connectivity index (χ1v) is 10.7. The van der Waals surface area contributed by atoms with E-state index in [4.69, 9.17) is 5.73 Å². The number of nitrogens with two attached hydrogens (primary N) is 1. The molecular weight excluding hydrogens is 410 g/mol. The summed E-state index contributed by atoms with van der Waals surface area (Å²) in [6, 6.07) is 9.06. The Morgan fingerprint density at radius 2 is 1.53 bits per heavy atom. The summed E-state index contributed by atoms with van der Waals surface area (Å²) in [5.74, 6) is -0.519. The summed E-state index contributed by atoms with van der Waals surface area (Å²) in [6.07, 6.45) is 0. The van der Waals surface area contributed by atoms with E-state index < -0.39 is 28.5 Å². The van der Waals surface area contributed by atoms with Crippen LogP contribution < -0.4 is 17.0 Å². The van der Waals surface area contributed by atoms with E-state index in [1.54, 1.807) is 6.92 Å². The van der Waals surface area contributed by atoms with Crippen LogP contribution in [-0.4, -0.2) is 62.8 Å². The number of aromatic nitrogens is 2. The zero-order valence-corrected chi connectivity index (χ0v) is 19.3. The highest BCUT2D eigenvalue weighted by Gasteiger charge is 2.37. The van der Waals surface area contributed by atoms with Gasteiger partial charge in [0.05, 0.1) is 11.5 Å². The molecule has 2 aromatic rings. The molecule has 2 N–H and O–H groups in total. The zero-order valence-electron chi connectivity index (χ0n) is 19.3. The number of anilines is 1. The number of amides is 1. The minimum absolute atomic E-state index is 0.0403. The second-order valence-corrected chi connectivity index (χ2v) is 8.83. The van der Waals surface area contributed by atoms with E-state index in [0.717, 1.165) is 14.7 Å². The molecule has 1 fully saturated rings. The quantitative estimate of drug-likeness (QED) is 0.671. The van der Waals surface area contributed by atoms with Gasteiger partial charge in [-0.1, -0.05) is 30.3 Å². The molecule has 1 unspecified atom stereocenters. The number of Topliss-reactive ketones (excluding diaryl/α,β-unsaturated/α-hetero) is 1. The van der Waals surface area contributed by atoms with Gasteiger partial charge in [0.2, 0.25) is 5.91 Å². The molecule has 1 atom stereocenters. The molecule has 1 aromatic heterocycles. The van der Waals surface area contributed by atoms with Crippen LogP contribution in [0.3, 0.4) is 0 Å². The lowest BCUT2D eigenvalue weighted by Gasteiger charge is -2.40. The largest absolute Gasteiger partial charge is 0.384 e. The van der Waals surface area contributed by atoms with Crippen LogP contribution in [0.1, 0.15) is 36.7 Å². The van der Waals surface area contributed by atoms with E-state index in [1.165, 1.54) is 14.1 Å². The third-order valence-corrected chi connectivity index (χ3v) is 6.52. The maximum absolute atomic E-state index is 13.2. The van der Waals surface area contributed by atoms with E-state index in [9.17, 15) is 19.2 Å². The third-order valence-electron chi connectivity index (χ3n) is 6.52. The predicted molar refractivity (Wildman–Crippen MR) is 123 cm³/mol. The molecule has 0 saturated carbocycles. The summed E-state index contributed by atoms with van der Waals surface area (Å²) in [5, 5.41) is 0. The average Bonchev–Trinajstić information content (AvgIpc) is 2.81. The molecule has 2 heterocycles. The van der Waals surface area contributed by atoms with Gasteiger partial charge in [0.1, 0.15) is 11.4 Å². The van der Waals surface area contributed by atoms with Crippen LogP contribution in [0, 0.1) is 0 Å². The van der Waals surface area contributed by atoms with Gasteiger partial charge < -0.3 is 10.6 Å². The van der Waals surface area contributed by atoms with E-state index in [-0.39, 0.29) is 17.3 Å².